The van der Waals surface area contributed by atoms with Crippen LogP contribution in [0.4, 0.5) is 0 Å². The summed E-state index contributed by atoms with van der Waals surface area (Å²) in [4.78, 5) is 0. The number of thiophene rings is 1. The molecule has 0 unspecified atom stereocenters. The molecule has 0 saturated heterocycles. The molecule has 2 rings (SSSR count). The highest BCUT2D eigenvalue weighted by atomic mass is 32.1. The molecular weight excluding hydrogens is 208 g/mol. The maximum Gasteiger partial charge on any atom is 0.0718 e. The van der Waals surface area contributed by atoms with Crippen LogP contribution in [0.5, 0.6) is 0 Å². The lowest BCUT2D eigenvalue weighted by molar-refractivity contribution is 0.280. The summed E-state index contributed by atoms with van der Waals surface area (Å²) in [6.07, 6.45) is 0. The van der Waals surface area contributed by atoms with Crippen LogP contribution in [0.3, 0.4) is 0 Å². The van der Waals surface area contributed by atoms with Crippen molar-refractivity contribution in [1.29, 1.82) is 0 Å². The first-order valence-electron chi connectivity index (χ1n) is 4.87. The molecule has 2 aromatic rings. The van der Waals surface area contributed by atoms with Crippen LogP contribution in [0.15, 0.2) is 16.8 Å². The van der Waals surface area contributed by atoms with Crippen molar-refractivity contribution in [2.24, 2.45) is 0 Å². The van der Waals surface area contributed by atoms with Crippen molar-refractivity contribution in [3.8, 4) is 0 Å². The van der Waals surface area contributed by atoms with Crippen molar-refractivity contribution < 1.29 is 5.11 Å². The van der Waals surface area contributed by atoms with Gasteiger partial charge in [0.1, 0.15) is 0 Å². The zero-order valence-corrected chi connectivity index (χ0v) is 9.71. The molecule has 80 valence electrons. The fraction of sp³-hybridized carbons (Fsp3) is 0.364. The van der Waals surface area contributed by atoms with Crippen LogP contribution in [0.25, 0.3) is 0 Å². The summed E-state index contributed by atoms with van der Waals surface area (Å²) in [5.41, 5.74) is 4.19. The van der Waals surface area contributed by atoms with Gasteiger partial charge in [-0.3, -0.25) is 4.68 Å². The molecule has 0 spiro atoms. The summed E-state index contributed by atoms with van der Waals surface area (Å²) in [6.45, 7) is 4.79. The highest BCUT2D eigenvalue weighted by molar-refractivity contribution is 7.07. The number of aryl methyl sites for hydroxylation is 1. The molecule has 0 radical (unpaired) electrons. The molecule has 0 aliphatic rings. The number of aliphatic hydroxyl groups excluding tert-OH is 1. The van der Waals surface area contributed by atoms with E-state index < -0.39 is 0 Å². The number of nitrogens with zero attached hydrogens (tertiary/aromatic N) is 2. The van der Waals surface area contributed by atoms with E-state index in [9.17, 15) is 5.11 Å². The van der Waals surface area contributed by atoms with E-state index in [0.717, 1.165) is 23.5 Å². The van der Waals surface area contributed by atoms with Gasteiger partial charge in [0.25, 0.3) is 0 Å². The van der Waals surface area contributed by atoms with E-state index in [4.69, 9.17) is 0 Å². The topological polar surface area (TPSA) is 38.0 Å². The second-order valence-corrected chi connectivity index (χ2v) is 4.38. The van der Waals surface area contributed by atoms with Crippen molar-refractivity contribution in [2.75, 3.05) is 0 Å². The van der Waals surface area contributed by atoms with Crippen LogP contribution >= 0.6 is 11.3 Å². The zero-order chi connectivity index (χ0) is 10.8. The Balaban J connectivity index is 2.29. The smallest absolute Gasteiger partial charge is 0.0718 e. The lowest BCUT2D eigenvalue weighted by Gasteiger charge is -2.02. The Labute approximate surface area is 93.0 Å². The van der Waals surface area contributed by atoms with Gasteiger partial charge >= 0.3 is 0 Å². The highest BCUT2D eigenvalue weighted by Crippen LogP contribution is 2.15. The fourth-order valence-electron chi connectivity index (χ4n) is 1.67. The Morgan fingerprint density at radius 3 is 2.80 bits per heavy atom. The molecule has 4 heteroatoms. The van der Waals surface area contributed by atoms with Gasteiger partial charge in [0.15, 0.2) is 0 Å². The molecule has 0 atom stereocenters. The summed E-state index contributed by atoms with van der Waals surface area (Å²) in [7, 11) is 0. The normalized spacial score (nSPS) is 10.9. The van der Waals surface area contributed by atoms with E-state index in [-0.39, 0.29) is 6.61 Å². The third-order valence-corrected chi connectivity index (χ3v) is 3.33. The Kier molecular flexibility index (Phi) is 2.88. The van der Waals surface area contributed by atoms with Gasteiger partial charge in [-0.25, -0.2) is 0 Å². The van der Waals surface area contributed by atoms with E-state index in [2.05, 4.69) is 21.9 Å². The first kappa shape index (κ1) is 10.4. The SMILES string of the molecule is Cc1nn(Cc2ccsc2)c(C)c1CO. The highest BCUT2D eigenvalue weighted by Gasteiger charge is 2.10. The van der Waals surface area contributed by atoms with Gasteiger partial charge in [0.2, 0.25) is 0 Å². The summed E-state index contributed by atoms with van der Waals surface area (Å²) >= 11 is 1.69. The number of hydrogen-bond acceptors (Lipinski definition) is 3. The van der Waals surface area contributed by atoms with Gasteiger partial charge in [-0.2, -0.15) is 16.4 Å². The van der Waals surface area contributed by atoms with Crippen molar-refractivity contribution in [3.05, 3.63) is 39.3 Å². The van der Waals surface area contributed by atoms with E-state index in [1.54, 1.807) is 11.3 Å². The fourth-order valence-corrected chi connectivity index (χ4v) is 2.33. The molecule has 0 amide bonds. The quantitative estimate of drug-likeness (QED) is 0.863. The Morgan fingerprint density at radius 1 is 1.47 bits per heavy atom. The Hall–Kier alpha value is -1.13. The van der Waals surface area contributed by atoms with Crippen molar-refractivity contribution in [1.82, 2.24) is 9.78 Å². The maximum absolute atomic E-state index is 9.19. The average Bonchev–Trinajstić information content (AvgIpc) is 2.78. The summed E-state index contributed by atoms with van der Waals surface area (Å²) in [5.74, 6) is 0. The number of aliphatic hydroxyl groups is 1. The maximum atomic E-state index is 9.19. The van der Waals surface area contributed by atoms with Gasteiger partial charge in [0, 0.05) is 11.3 Å². The van der Waals surface area contributed by atoms with Crippen LogP contribution in [0.1, 0.15) is 22.5 Å². The number of rotatable bonds is 3. The van der Waals surface area contributed by atoms with E-state index in [0.29, 0.717) is 0 Å². The van der Waals surface area contributed by atoms with Crippen molar-refractivity contribution in [2.45, 2.75) is 27.0 Å². The minimum absolute atomic E-state index is 0.0707. The standard InChI is InChI=1S/C11H14N2OS/c1-8-11(6-14)9(2)13(12-8)5-10-3-4-15-7-10/h3-4,7,14H,5-6H2,1-2H3. The van der Waals surface area contributed by atoms with Crippen LogP contribution in [0, 0.1) is 13.8 Å². The summed E-state index contributed by atoms with van der Waals surface area (Å²) in [5, 5.41) is 17.8. The van der Waals surface area contributed by atoms with Gasteiger partial charge in [-0.05, 0) is 36.2 Å². The molecule has 0 fully saturated rings. The molecule has 0 aliphatic carbocycles. The van der Waals surface area contributed by atoms with E-state index >= 15 is 0 Å². The first-order valence-corrected chi connectivity index (χ1v) is 5.81. The van der Waals surface area contributed by atoms with Gasteiger partial charge in [-0.15, -0.1) is 0 Å². The molecule has 2 aromatic heterocycles. The van der Waals surface area contributed by atoms with Gasteiger partial charge in [-0.1, -0.05) is 0 Å². The molecule has 0 saturated carbocycles. The second kappa shape index (κ2) is 4.16. The minimum atomic E-state index is 0.0707. The first-order chi connectivity index (χ1) is 7.22. The van der Waals surface area contributed by atoms with Crippen LogP contribution in [-0.4, -0.2) is 14.9 Å². The molecule has 1 N–H and O–H groups in total. The summed E-state index contributed by atoms with van der Waals surface area (Å²) < 4.78 is 1.95. The second-order valence-electron chi connectivity index (χ2n) is 3.60. The Morgan fingerprint density at radius 2 is 2.27 bits per heavy atom. The summed E-state index contributed by atoms with van der Waals surface area (Å²) in [6, 6.07) is 2.10. The predicted molar refractivity (Wildman–Crippen MR) is 61.0 cm³/mol. The van der Waals surface area contributed by atoms with Crippen LogP contribution in [-0.2, 0) is 13.2 Å². The Bertz CT molecular complexity index is 445. The molecule has 3 nitrogen and oxygen atoms in total. The van der Waals surface area contributed by atoms with E-state index in [1.165, 1.54) is 5.56 Å². The van der Waals surface area contributed by atoms with Gasteiger partial charge < -0.3 is 5.11 Å². The number of hydrogen-bond donors (Lipinski definition) is 1. The third-order valence-electron chi connectivity index (χ3n) is 2.60. The van der Waals surface area contributed by atoms with Crippen LogP contribution in [0.2, 0.25) is 0 Å². The van der Waals surface area contributed by atoms with Crippen molar-refractivity contribution >= 4 is 11.3 Å². The zero-order valence-electron chi connectivity index (χ0n) is 8.90. The molecule has 0 aliphatic heterocycles. The van der Waals surface area contributed by atoms with Gasteiger partial charge in [0.05, 0.1) is 18.8 Å². The van der Waals surface area contributed by atoms with E-state index in [1.807, 2.05) is 18.5 Å². The van der Waals surface area contributed by atoms with Crippen molar-refractivity contribution in [3.63, 3.8) is 0 Å². The monoisotopic (exact) mass is 222 g/mol. The molecule has 15 heavy (non-hydrogen) atoms. The predicted octanol–water partition coefficient (Wildman–Crippen LogP) is 2.10. The molecule has 0 aromatic carbocycles. The molecule has 2 heterocycles. The third kappa shape index (κ3) is 1.96. The lowest BCUT2D eigenvalue weighted by atomic mass is 10.2. The minimum Gasteiger partial charge on any atom is -0.392 e. The molecular formula is C11H14N2OS. The largest absolute Gasteiger partial charge is 0.392 e. The van der Waals surface area contributed by atoms with Crippen LogP contribution < -0.4 is 0 Å². The molecule has 0 bridgehead atoms. The lowest BCUT2D eigenvalue weighted by Crippen LogP contribution is -2.03. The number of aromatic nitrogens is 2. The average molecular weight is 222 g/mol.